The van der Waals surface area contributed by atoms with E-state index in [2.05, 4.69) is 15.1 Å². The molecule has 0 bridgehead atoms. The largest absolute Gasteiger partial charge is 0.418 e. The summed E-state index contributed by atoms with van der Waals surface area (Å²) in [6, 6.07) is 4.03. The monoisotopic (exact) mass is 302 g/mol. The van der Waals surface area contributed by atoms with Gasteiger partial charge in [-0.2, -0.15) is 13.2 Å². The van der Waals surface area contributed by atoms with Crippen molar-refractivity contribution in [2.24, 2.45) is 0 Å². The summed E-state index contributed by atoms with van der Waals surface area (Å²) in [4.78, 5) is 4.34. The zero-order chi connectivity index (χ0) is 15.6. The first-order valence-electron chi connectivity index (χ1n) is 6.87. The maximum Gasteiger partial charge on any atom is 0.418 e. The summed E-state index contributed by atoms with van der Waals surface area (Å²) in [7, 11) is 4.01. The molecule has 1 unspecified atom stereocenters. The van der Waals surface area contributed by atoms with Crippen molar-refractivity contribution in [3.8, 4) is 0 Å². The summed E-state index contributed by atoms with van der Waals surface area (Å²) < 4.78 is 39.1. The third-order valence-corrected chi connectivity index (χ3v) is 3.86. The van der Waals surface area contributed by atoms with Gasteiger partial charge >= 0.3 is 6.18 Å². The lowest BCUT2D eigenvalue weighted by Crippen LogP contribution is -2.52. The molecule has 0 aromatic heterocycles. The van der Waals surface area contributed by atoms with E-state index >= 15 is 0 Å². The highest BCUT2D eigenvalue weighted by atomic mass is 19.4. The molecule has 1 heterocycles. The Morgan fingerprint density at radius 3 is 2.67 bits per heavy atom. The van der Waals surface area contributed by atoms with Gasteiger partial charge in [-0.3, -0.25) is 4.90 Å². The number of anilines is 2. The lowest BCUT2D eigenvalue weighted by Gasteiger charge is -2.38. The second-order valence-corrected chi connectivity index (χ2v) is 5.58. The van der Waals surface area contributed by atoms with E-state index in [1.807, 2.05) is 14.1 Å². The minimum atomic E-state index is -4.41. The van der Waals surface area contributed by atoms with Crippen molar-refractivity contribution in [2.75, 3.05) is 51.3 Å². The highest BCUT2D eigenvalue weighted by Crippen LogP contribution is 2.36. The topological polar surface area (TPSA) is 44.5 Å². The average Bonchev–Trinajstić information content (AvgIpc) is 2.40. The smallest absolute Gasteiger partial charge is 0.399 e. The number of benzene rings is 1. The highest BCUT2D eigenvalue weighted by Gasteiger charge is 2.34. The maximum atomic E-state index is 13.0. The molecule has 0 spiro atoms. The molecule has 2 rings (SSSR count). The van der Waals surface area contributed by atoms with E-state index in [-0.39, 0.29) is 17.4 Å². The van der Waals surface area contributed by atoms with Crippen molar-refractivity contribution in [1.29, 1.82) is 0 Å². The quantitative estimate of drug-likeness (QED) is 0.838. The number of nitrogens with two attached hydrogens (primary N) is 1. The SMILES string of the molecule is CN1CCN(C)C(CNc2ccc(N)cc2C(F)(F)F)C1. The van der Waals surface area contributed by atoms with Gasteiger partial charge in [-0.05, 0) is 32.3 Å². The summed E-state index contributed by atoms with van der Waals surface area (Å²) in [5, 5.41) is 2.92. The summed E-state index contributed by atoms with van der Waals surface area (Å²) in [6.07, 6.45) is -4.41. The van der Waals surface area contributed by atoms with Gasteiger partial charge in [0.1, 0.15) is 0 Å². The number of alkyl halides is 3. The number of hydrogen-bond acceptors (Lipinski definition) is 4. The van der Waals surface area contributed by atoms with Gasteiger partial charge in [-0.25, -0.2) is 0 Å². The Morgan fingerprint density at radius 1 is 1.29 bits per heavy atom. The number of hydrogen-bond donors (Lipinski definition) is 2. The molecule has 1 atom stereocenters. The van der Waals surface area contributed by atoms with Gasteiger partial charge in [0, 0.05) is 43.6 Å². The summed E-state index contributed by atoms with van der Waals surface area (Å²) in [5.74, 6) is 0. The predicted octanol–water partition coefficient (Wildman–Crippen LogP) is 1.95. The molecule has 7 heteroatoms. The van der Waals surface area contributed by atoms with Gasteiger partial charge in [0.25, 0.3) is 0 Å². The van der Waals surface area contributed by atoms with Crippen LogP contribution in [0.3, 0.4) is 0 Å². The zero-order valence-electron chi connectivity index (χ0n) is 12.2. The van der Waals surface area contributed by atoms with Crippen LogP contribution in [0.25, 0.3) is 0 Å². The Labute approximate surface area is 122 Å². The average molecular weight is 302 g/mol. The van der Waals surface area contributed by atoms with E-state index in [1.165, 1.54) is 12.1 Å². The van der Waals surface area contributed by atoms with Crippen LogP contribution in [-0.4, -0.2) is 56.1 Å². The molecule has 21 heavy (non-hydrogen) atoms. The number of likely N-dealkylation sites (N-methyl/N-ethyl adjacent to an activating group) is 2. The molecule has 1 fully saturated rings. The Hall–Kier alpha value is -1.47. The number of halogens is 3. The zero-order valence-corrected chi connectivity index (χ0v) is 12.2. The molecule has 3 N–H and O–H groups in total. The van der Waals surface area contributed by atoms with Gasteiger partial charge in [0.05, 0.1) is 5.56 Å². The molecule has 1 saturated heterocycles. The lowest BCUT2D eigenvalue weighted by atomic mass is 10.1. The molecule has 0 saturated carbocycles. The lowest BCUT2D eigenvalue weighted by molar-refractivity contribution is -0.136. The third kappa shape index (κ3) is 4.01. The van der Waals surface area contributed by atoms with E-state index < -0.39 is 11.7 Å². The van der Waals surface area contributed by atoms with Crippen LogP contribution < -0.4 is 11.1 Å². The molecule has 1 aliphatic rings. The molecule has 118 valence electrons. The number of nitrogen functional groups attached to an aromatic ring is 1. The van der Waals surface area contributed by atoms with Crippen LogP contribution in [0.5, 0.6) is 0 Å². The molecular formula is C14H21F3N4. The normalized spacial score (nSPS) is 21.5. The first-order chi connectivity index (χ1) is 9.77. The number of nitrogens with one attached hydrogen (secondary N) is 1. The van der Waals surface area contributed by atoms with Crippen molar-refractivity contribution in [3.05, 3.63) is 23.8 Å². The van der Waals surface area contributed by atoms with E-state index in [4.69, 9.17) is 5.73 Å². The molecule has 1 aromatic rings. The Bertz CT molecular complexity index is 490. The van der Waals surface area contributed by atoms with Crippen LogP contribution in [0.15, 0.2) is 18.2 Å². The Kier molecular flexibility index (Phi) is 4.63. The van der Waals surface area contributed by atoms with Gasteiger partial charge in [0.15, 0.2) is 0 Å². The van der Waals surface area contributed by atoms with Gasteiger partial charge in [-0.1, -0.05) is 0 Å². The summed E-state index contributed by atoms with van der Waals surface area (Å²) in [5.41, 5.74) is 4.94. The van der Waals surface area contributed by atoms with E-state index in [0.717, 1.165) is 25.7 Å². The minimum absolute atomic E-state index is 0.0818. The van der Waals surface area contributed by atoms with Crippen LogP contribution in [0.2, 0.25) is 0 Å². The second kappa shape index (κ2) is 6.11. The van der Waals surface area contributed by atoms with Crippen LogP contribution in [-0.2, 0) is 6.18 Å². The molecule has 0 aliphatic carbocycles. The first-order valence-corrected chi connectivity index (χ1v) is 6.87. The molecule has 1 aromatic carbocycles. The standard InChI is InChI=1S/C14H21F3N4/c1-20-5-6-21(2)11(9-20)8-19-13-4-3-10(18)7-12(13)14(15,16)17/h3-4,7,11,19H,5-6,8-9,18H2,1-2H3. The Balaban J connectivity index is 2.09. The number of nitrogens with zero attached hydrogens (tertiary/aromatic N) is 2. The highest BCUT2D eigenvalue weighted by molar-refractivity contribution is 5.59. The molecular weight excluding hydrogens is 281 g/mol. The first kappa shape index (κ1) is 15.9. The number of rotatable bonds is 3. The summed E-state index contributed by atoms with van der Waals surface area (Å²) >= 11 is 0. The van der Waals surface area contributed by atoms with E-state index in [0.29, 0.717) is 6.54 Å². The maximum absolute atomic E-state index is 13.0. The van der Waals surface area contributed by atoms with Crippen molar-refractivity contribution < 1.29 is 13.2 Å². The fraction of sp³-hybridized carbons (Fsp3) is 0.571. The van der Waals surface area contributed by atoms with E-state index in [1.54, 1.807) is 0 Å². The van der Waals surface area contributed by atoms with Crippen LogP contribution in [0.1, 0.15) is 5.56 Å². The van der Waals surface area contributed by atoms with Gasteiger partial charge < -0.3 is 16.0 Å². The van der Waals surface area contributed by atoms with Crippen LogP contribution in [0, 0.1) is 0 Å². The van der Waals surface area contributed by atoms with Crippen molar-refractivity contribution in [1.82, 2.24) is 9.80 Å². The molecule has 1 aliphatic heterocycles. The molecule has 0 radical (unpaired) electrons. The summed E-state index contributed by atoms with van der Waals surface area (Å²) in [6.45, 7) is 3.19. The van der Waals surface area contributed by atoms with E-state index in [9.17, 15) is 13.2 Å². The third-order valence-electron chi connectivity index (χ3n) is 3.86. The van der Waals surface area contributed by atoms with Gasteiger partial charge in [0.2, 0.25) is 0 Å². The van der Waals surface area contributed by atoms with Crippen molar-refractivity contribution in [3.63, 3.8) is 0 Å². The fourth-order valence-electron chi connectivity index (χ4n) is 2.50. The number of piperazine rings is 1. The second-order valence-electron chi connectivity index (χ2n) is 5.58. The van der Waals surface area contributed by atoms with Crippen LogP contribution in [0.4, 0.5) is 24.5 Å². The molecule has 4 nitrogen and oxygen atoms in total. The van der Waals surface area contributed by atoms with Gasteiger partial charge in [-0.15, -0.1) is 0 Å². The van der Waals surface area contributed by atoms with Crippen LogP contribution >= 0.6 is 0 Å². The predicted molar refractivity (Wildman–Crippen MR) is 78.3 cm³/mol. The molecule has 0 amide bonds. The van der Waals surface area contributed by atoms with Crippen molar-refractivity contribution >= 4 is 11.4 Å². The fourth-order valence-corrected chi connectivity index (χ4v) is 2.50. The Morgan fingerprint density at radius 2 is 2.00 bits per heavy atom. The minimum Gasteiger partial charge on any atom is -0.399 e. The van der Waals surface area contributed by atoms with Crippen molar-refractivity contribution in [2.45, 2.75) is 12.2 Å².